The summed E-state index contributed by atoms with van der Waals surface area (Å²) in [6.07, 6.45) is 3.37. The molecule has 7 nitrogen and oxygen atoms in total. The van der Waals surface area contributed by atoms with E-state index in [2.05, 4.69) is 20.6 Å². The van der Waals surface area contributed by atoms with Gasteiger partial charge in [-0.2, -0.15) is 4.98 Å². The van der Waals surface area contributed by atoms with Crippen LogP contribution in [0.1, 0.15) is 0 Å². The number of carbonyl (C=O) groups excluding carboxylic acids is 1. The Labute approximate surface area is 155 Å². The van der Waals surface area contributed by atoms with Crippen LogP contribution in [0.3, 0.4) is 0 Å². The highest BCUT2D eigenvalue weighted by molar-refractivity contribution is 5.99. The molecule has 0 radical (unpaired) electrons. The molecule has 0 unspecified atom stereocenters. The van der Waals surface area contributed by atoms with Crippen molar-refractivity contribution < 1.29 is 9.53 Å². The van der Waals surface area contributed by atoms with Gasteiger partial charge >= 0.3 is 6.03 Å². The van der Waals surface area contributed by atoms with Gasteiger partial charge in [-0.25, -0.2) is 9.78 Å². The molecule has 0 saturated carbocycles. The summed E-state index contributed by atoms with van der Waals surface area (Å²) in [6.45, 7) is 0. The van der Waals surface area contributed by atoms with Crippen LogP contribution in [0.4, 0.5) is 16.2 Å². The maximum Gasteiger partial charge on any atom is 0.323 e. The van der Waals surface area contributed by atoms with Crippen LogP contribution in [-0.2, 0) is 7.05 Å². The molecule has 2 N–H and O–H groups in total. The van der Waals surface area contributed by atoms with Crippen molar-refractivity contribution in [1.82, 2.24) is 14.5 Å². The predicted octanol–water partition coefficient (Wildman–Crippen LogP) is 4.40. The zero-order chi connectivity index (χ0) is 18.6. The average molecular weight is 359 g/mol. The number of fused-ring (bicyclic) bond motifs is 1. The van der Waals surface area contributed by atoms with Crippen molar-refractivity contribution in [3.05, 3.63) is 73.2 Å². The third kappa shape index (κ3) is 3.72. The third-order valence-corrected chi connectivity index (χ3v) is 3.96. The maximum absolute atomic E-state index is 12.1. The molecule has 2 heterocycles. The molecule has 7 heteroatoms. The zero-order valence-electron chi connectivity index (χ0n) is 14.6. The van der Waals surface area contributed by atoms with Crippen molar-refractivity contribution in [1.29, 1.82) is 0 Å². The number of nitrogens with zero attached hydrogens (tertiary/aromatic N) is 3. The molecule has 0 saturated heterocycles. The summed E-state index contributed by atoms with van der Waals surface area (Å²) in [6, 6.07) is 17.9. The second kappa shape index (κ2) is 7.17. The maximum atomic E-state index is 12.1. The number of para-hydroxylation sites is 1. The van der Waals surface area contributed by atoms with E-state index in [0.717, 1.165) is 16.7 Å². The number of carbonyl (C=O) groups is 1. The summed E-state index contributed by atoms with van der Waals surface area (Å²) in [5, 5.41) is 5.57. The topological polar surface area (TPSA) is 81.1 Å². The van der Waals surface area contributed by atoms with Crippen LogP contribution in [0.2, 0.25) is 0 Å². The van der Waals surface area contributed by atoms with E-state index in [1.54, 1.807) is 24.3 Å². The van der Waals surface area contributed by atoms with Crippen LogP contribution in [0.15, 0.2) is 73.2 Å². The summed E-state index contributed by atoms with van der Waals surface area (Å²) >= 11 is 0. The number of aryl methyl sites for hydroxylation is 1. The largest absolute Gasteiger partial charge is 0.437 e. The van der Waals surface area contributed by atoms with Crippen LogP contribution in [0.25, 0.3) is 11.0 Å². The van der Waals surface area contributed by atoms with Crippen molar-refractivity contribution >= 4 is 28.4 Å². The molecule has 2 aromatic carbocycles. The van der Waals surface area contributed by atoms with E-state index in [0.29, 0.717) is 17.3 Å². The van der Waals surface area contributed by atoms with Gasteiger partial charge in [0.05, 0.1) is 5.52 Å². The fraction of sp³-hybridized carbons (Fsp3) is 0.0500. The van der Waals surface area contributed by atoms with Gasteiger partial charge in [0.2, 0.25) is 5.88 Å². The van der Waals surface area contributed by atoms with Gasteiger partial charge < -0.3 is 19.9 Å². The van der Waals surface area contributed by atoms with Gasteiger partial charge in [-0.05, 0) is 30.3 Å². The molecule has 27 heavy (non-hydrogen) atoms. The number of benzene rings is 2. The number of hydrogen-bond acceptors (Lipinski definition) is 4. The Balaban J connectivity index is 1.50. The SMILES string of the molecule is Cn1ccc2ncnc(Oc3cccc(NC(=O)Nc4ccccc4)c3)c21. The molecule has 2 amide bonds. The van der Waals surface area contributed by atoms with E-state index < -0.39 is 0 Å². The Morgan fingerprint density at radius 2 is 1.74 bits per heavy atom. The fourth-order valence-corrected chi connectivity index (χ4v) is 2.72. The Morgan fingerprint density at radius 3 is 2.59 bits per heavy atom. The molecule has 134 valence electrons. The Hall–Kier alpha value is -3.87. The van der Waals surface area contributed by atoms with E-state index in [-0.39, 0.29) is 6.03 Å². The standard InChI is InChI=1S/C20H17N5O2/c1-25-11-10-17-18(25)19(22-13-21-17)27-16-9-5-8-15(12-16)24-20(26)23-14-6-3-2-4-7-14/h2-13H,1H3,(H2,23,24,26). The summed E-state index contributed by atoms with van der Waals surface area (Å²) in [5.74, 6) is 1.02. The van der Waals surface area contributed by atoms with Crippen molar-refractivity contribution in [3.8, 4) is 11.6 Å². The lowest BCUT2D eigenvalue weighted by Gasteiger charge is -2.10. The Kier molecular flexibility index (Phi) is 4.40. The first-order valence-electron chi connectivity index (χ1n) is 8.36. The Morgan fingerprint density at radius 1 is 0.963 bits per heavy atom. The second-order valence-corrected chi connectivity index (χ2v) is 5.91. The van der Waals surface area contributed by atoms with Crippen molar-refractivity contribution in [2.45, 2.75) is 0 Å². The molecule has 0 fully saturated rings. The first kappa shape index (κ1) is 16.6. The normalized spacial score (nSPS) is 10.6. The van der Waals surface area contributed by atoms with Crippen molar-refractivity contribution in [2.75, 3.05) is 10.6 Å². The summed E-state index contributed by atoms with van der Waals surface area (Å²) in [7, 11) is 1.91. The van der Waals surface area contributed by atoms with Crippen LogP contribution < -0.4 is 15.4 Å². The lowest BCUT2D eigenvalue weighted by atomic mass is 10.3. The lowest BCUT2D eigenvalue weighted by molar-refractivity contribution is 0.262. The summed E-state index contributed by atoms with van der Waals surface area (Å²) < 4.78 is 7.83. The molecule has 0 bridgehead atoms. The number of anilines is 2. The van der Waals surface area contributed by atoms with Crippen molar-refractivity contribution in [2.24, 2.45) is 7.05 Å². The molecule has 0 aliphatic rings. The molecule has 4 aromatic rings. The highest BCUT2D eigenvalue weighted by Crippen LogP contribution is 2.28. The Bertz CT molecular complexity index is 1090. The zero-order valence-corrected chi connectivity index (χ0v) is 14.6. The van der Waals surface area contributed by atoms with Crippen LogP contribution in [0.5, 0.6) is 11.6 Å². The van der Waals surface area contributed by atoms with Gasteiger partial charge in [-0.1, -0.05) is 24.3 Å². The smallest absolute Gasteiger partial charge is 0.323 e. The molecule has 0 spiro atoms. The molecule has 0 aliphatic carbocycles. The second-order valence-electron chi connectivity index (χ2n) is 5.91. The fourth-order valence-electron chi connectivity index (χ4n) is 2.72. The molecule has 2 aromatic heterocycles. The number of aromatic nitrogens is 3. The minimum atomic E-state index is -0.329. The third-order valence-electron chi connectivity index (χ3n) is 3.96. The van der Waals surface area contributed by atoms with Crippen molar-refractivity contribution in [3.63, 3.8) is 0 Å². The number of amides is 2. The van der Waals surface area contributed by atoms with Gasteiger partial charge in [0.1, 0.15) is 17.6 Å². The number of nitrogens with one attached hydrogen (secondary N) is 2. The highest BCUT2D eigenvalue weighted by Gasteiger charge is 2.10. The minimum Gasteiger partial charge on any atom is -0.437 e. The molecular weight excluding hydrogens is 342 g/mol. The molecule has 0 aliphatic heterocycles. The van der Waals surface area contributed by atoms with E-state index in [4.69, 9.17) is 4.74 Å². The summed E-state index contributed by atoms with van der Waals surface area (Å²) in [4.78, 5) is 20.6. The van der Waals surface area contributed by atoms with Gasteiger partial charge in [0.15, 0.2) is 0 Å². The first-order valence-corrected chi connectivity index (χ1v) is 8.36. The number of ether oxygens (including phenoxy) is 1. The molecule has 4 rings (SSSR count). The van der Waals surface area contributed by atoms with Crippen LogP contribution >= 0.6 is 0 Å². The van der Waals surface area contributed by atoms with E-state index in [1.165, 1.54) is 6.33 Å². The van der Waals surface area contributed by atoms with E-state index in [1.807, 2.05) is 54.2 Å². The molecule has 0 atom stereocenters. The highest BCUT2D eigenvalue weighted by atomic mass is 16.5. The lowest BCUT2D eigenvalue weighted by Crippen LogP contribution is -2.19. The quantitative estimate of drug-likeness (QED) is 0.566. The van der Waals surface area contributed by atoms with Gasteiger partial charge in [-0.15, -0.1) is 0 Å². The van der Waals surface area contributed by atoms with E-state index in [9.17, 15) is 4.79 Å². The van der Waals surface area contributed by atoms with Gasteiger partial charge in [-0.3, -0.25) is 0 Å². The first-order chi connectivity index (χ1) is 13.2. The number of hydrogen-bond donors (Lipinski definition) is 2. The number of urea groups is 1. The predicted molar refractivity (Wildman–Crippen MR) is 104 cm³/mol. The van der Waals surface area contributed by atoms with Crippen LogP contribution in [0, 0.1) is 0 Å². The van der Waals surface area contributed by atoms with E-state index >= 15 is 0 Å². The minimum absolute atomic E-state index is 0.329. The monoisotopic (exact) mass is 359 g/mol. The van der Waals surface area contributed by atoms with Crippen LogP contribution in [-0.4, -0.2) is 20.6 Å². The van der Waals surface area contributed by atoms with Gasteiger partial charge in [0.25, 0.3) is 0 Å². The molecular formula is C20H17N5O2. The number of rotatable bonds is 4. The summed E-state index contributed by atoms with van der Waals surface area (Å²) in [5.41, 5.74) is 2.93. The average Bonchev–Trinajstić information content (AvgIpc) is 3.05. The van der Waals surface area contributed by atoms with Gasteiger partial charge in [0, 0.05) is 30.7 Å².